The Labute approximate surface area is 100 Å². The molecule has 2 rings (SSSR count). The highest BCUT2D eigenvalue weighted by atomic mass is 35.5. The summed E-state index contributed by atoms with van der Waals surface area (Å²) in [7, 11) is 0. The molecule has 1 saturated carbocycles. The van der Waals surface area contributed by atoms with E-state index in [1.54, 1.807) is 0 Å². The van der Waals surface area contributed by atoms with Crippen molar-refractivity contribution in [2.75, 3.05) is 0 Å². The van der Waals surface area contributed by atoms with E-state index in [9.17, 15) is 13.2 Å². The van der Waals surface area contributed by atoms with Gasteiger partial charge >= 0.3 is 6.18 Å². The fourth-order valence-corrected chi connectivity index (χ4v) is 3.04. The largest absolute Gasteiger partial charge is 0.391 e. The summed E-state index contributed by atoms with van der Waals surface area (Å²) in [5.74, 6) is -1.33. The zero-order valence-electron chi connectivity index (χ0n) is 8.30. The van der Waals surface area contributed by atoms with Crippen LogP contribution in [0.1, 0.15) is 36.6 Å². The highest BCUT2D eigenvalue weighted by Gasteiger charge is 2.42. The van der Waals surface area contributed by atoms with Crippen LogP contribution < -0.4 is 0 Å². The molecule has 1 aliphatic rings. The van der Waals surface area contributed by atoms with Crippen molar-refractivity contribution in [3.8, 4) is 0 Å². The van der Waals surface area contributed by atoms with Gasteiger partial charge in [-0.3, -0.25) is 0 Å². The number of rotatable bonds is 1. The van der Waals surface area contributed by atoms with E-state index in [1.165, 1.54) is 0 Å². The maximum Gasteiger partial charge on any atom is 0.391 e. The van der Waals surface area contributed by atoms with Crippen LogP contribution in [0.25, 0.3) is 0 Å². The number of nitrogens with zero attached hydrogens (tertiary/aromatic N) is 2. The second kappa shape index (κ2) is 4.49. The molecule has 7 heteroatoms. The minimum Gasteiger partial charge on any atom is -0.209 e. The van der Waals surface area contributed by atoms with Gasteiger partial charge in [0, 0.05) is 5.92 Å². The third-order valence-corrected chi connectivity index (χ3v) is 4.05. The molecule has 2 nitrogen and oxygen atoms in total. The molecule has 0 bridgehead atoms. The maximum atomic E-state index is 12.6. The fraction of sp³-hybridized carbons (Fsp3) is 0.778. The van der Waals surface area contributed by atoms with Crippen LogP contribution in [0.5, 0.6) is 0 Å². The van der Waals surface area contributed by atoms with Crippen molar-refractivity contribution < 1.29 is 13.2 Å². The summed E-state index contributed by atoms with van der Waals surface area (Å²) in [4.78, 5) is 3.96. The summed E-state index contributed by atoms with van der Waals surface area (Å²) < 4.78 is 41.5. The quantitative estimate of drug-likeness (QED) is 0.770. The Morgan fingerprint density at radius 2 is 2.06 bits per heavy atom. The normalized spacial score (nSPS) is 27.0. The molecule has 0 aliphatic heterocycles. The van der Waals surface area contributed by atoms with Gasteiger partial charge < -0.3 is 0 Å². The van der Waals surface area contributed by atoms with Crippen molar-refractivity contribution in [1.29, 1.82) is 0 Å². The van der Waals surface area contributed by atoms with E-state index < -0.39 is 12.1 Å². The van der Waals surface area contributed by atoms with Crippen molar-refractivity contribution in [3.63, 3.8) is 0 Å². The lowest BCUT2D eigenvalue weighted by Crippen LogP contribution is -2.28. The number of alkyl halides is 3. The van der Waals surface area contributed by atoms with E-state index in [-0.39, 0.29) is 24.0 Å². The smallest absolute Gasteiger partial charge is 0.209 e. The second-order valence-corrected chi connectivity index (χ2v) is 5.13. The Bertz CT molecular complexity index is 366. The van der Waals surface area contributed by atoms with Gasteiger partial charge in [-0.1, -0.05) is 6.42 Å². The highest BCUT2D eigenvalue weighted by molar-refractivity contribution is 7.05. The van der Waals surface area contributed by atoms with Gasteiger partial charge in [-0.2, -0.15) is 17.5 Å². The van der Waals surface area contributed by atoms with Crippen LogP contribution in [0.2, 0.25) is 5.28 Å². The van der Waals surface area contributed by atoms with Crippen LogP contribution in [0.3, 0.4) is 0 Å². The van der Waals surface area contributed by atoms with Crippen LogP contribution in [-0.2, 0) is 0 Å². The third-order valence-electron chi connectivity index (χ3n) is 2.90. The topological polar surface area (TPSA) is 25.8 Å². The van der Waals surface area contributed by atoms with Crippen molar-refractivity contribution in [1.82, 2.24) is 9.36 Å². The van der Waals surface area contributed by atoms with Crippen molar-refractivity contribution in [2.24, 2.45) is 5.92 Å². The Hall–Kier alpha value is -0.360. The Kier molecular flexibility index (Phi) is 3.39. The van der Waals surface area contributed by atoms with Gasteiger partial charge in [-0.05, 0) is 42.4 Å². The number of hydrogen-bond acceptors (Lipinski definition) is 3. The van der Waals surface area contributed by atoms with Gasteiger partial charge in [0.1, 0.15) is 5.01 Å². The van der Waals surface area contributed by atoms with Gasteiger partial charge in [0.2, 0.25) is 5.28 Å². The van der Waals surface area contributed by atoms with Crippen LogP contribution in [0.15, 0.2) is 0 Å². The minimum absolute atomic E-state index is 0.120. The molecular formula is C9H10ClF3N2S. The predicted octanol–water partition coefficient (Wildman–Crippen LogP) is 4.03. The van der Waals surface area contributed by atoms with Crippen molar-refractivity contribution in [3.05, 3.63) is 10.3 Å². The second-order valence-electron chi connectivity index (χ2n) is 4.00. The van der Waals surface area contributed by atoms with Gasteiger partial charge in [0.05, 0.1) is 5.92 Å². The average molecular weight is 271 g/mol. The molecule has 1 fully saturated rings. The summed E-state index contributed by atoms with van der Waals surface area (Å²) in [6.07, 6.45) is -2.40. The van der Waals surface area contributed by atoms with Crippen LogP contribution in [0.4, 0.5) is 13.2 Å². The maximum absolute atomic E-state index is 12.6. The Balaban J connectivity index is 2.07. The van der Waals surface area contributed by atoms with E-state index >= 15 is 0 Å². The van der Waals surface area contributed by atoms with E-state index in [2.05, 4.69) is 9.36 Å². The van der Waals surface area contributed by atoms with E-state index in [0.29, 0.717) is 11.4 Å². The van der Waals surface area contributed by atoms with E-state index in [0.717, 1.165) is 18.0 Å². The van der Waals surface area contributed by atoms with Gasteiger partial charge in [-0.15, -0.1) is 0 Å². The lowest BCUT2D eigenvalue weighted by molar-refractivity contribution is -0.183. The van der Waals surface area contributed by atoms with E-state index in [4.69, 9.17) is 11.6 Å². The summed E-state index contributed by atoms with van der Waals surface area (Å²) in [5.41, 5.74) is 0. The molecule has 0 amide bonds. The average Bonchev–Trinajstić information content (AvgIpc) is 2.64. The summed E-state index contributed by atoms with van der Waals surface area (Å²) in [6, 6.07) is 0. The highest BCUT2D eigenvalue weighted by Crippen LogP contribution is 2.43. The predicted molar refractivity (Wildman–Crippen MR) is 55.7 cm³/mol. The minimum atomic E-state index is -4.09. The first kappa shape index (κ1) is 12.1. The molecule has 1 heterocycles. The molecule has 0 aromatic carbocycles. The first-order chi connectivity index (χ1) is 7.47. The zero-order chi connectivity index (χ0) is 11.8. The first-order valence-corrected chi connectivity index (χ1v) is 6.18. The van der Waals surface area contributed by atoms with E-state index in [1.807, 2.05) is 0 Å². The fourth-order valence-electron chi connectivity index (χ4n) is 2.09. The van der Waals surface area contributed by atoms with Crippen molar-refractivity contribution in [2.45, 2.75) is 37.8 Å². The first-order valence-electron chi connectivity index (χ1n) is 5.02. The molecule has 1 aliphatic carbocycles. The van der Waals surface area contributed by atoms with Crippen molar-refractivity contribution >= 4 is 23.1 Å². The molecular weight excluding hydrogens is 261 g/mol. The Morgan fingerprint density at radius 3 is 2.62 bits per heavy atom. The molecule has 0 spiro atoms. The number of aromatic nitrogens is 2. The van der Waals surface area contributed by atoms with Crippen LogP contribution >= 0.6 is 23.1 Å². The number of hydrogen-bond donors (Lipinski definition) is 0. The monoisotopic (exact) mass is 270 g/mol. The SMILES string of the molecule is FC(F)(F)C1CCCC(c2nc(Cl)ns2)C1. The molecule has 1 aromatic heterocycles. The lowest BCUT2D eigenvalue weighted by Gasteiger charge is -2.29. The van der Waals surface area contributed by atoms with Gasteiger partial charge in [-0.25, -0.2) is 4.98 Å². The molecule has 2 unspecified atom stereocenters. The van der Waals surface area contributed by atoms with Gasteiger partial charge in [0.15, 0.2) is 0 Å². The standard InChI is InChI=1S/C9H10ClF3N2S/c10-8-14-7(16-15-8)5-2-1-3-6(4-5)9(11,12)13/h5-6H,1-4H2. The molecule has 90 valence electrons. The summed E-state index contributed by atoms with van der Waals surface area (Å²) >= 11 is 6.68. The molecule has 0 radical (unpaired) electrons. The zero-order valence-corrected chi connectivity index (χ0v) is 9.87. The molecule has 1 aromatic rings. The van der Waals surface area contributed by atoms with Gasteiger partial charge in [0.25, 0.3) is 0 Å². The molecule has 0 saturated heterocycles. The summed E-state index contributed by atoms with van der Waals surface area (Å²) in [6.45, 7) is 0. The van der Waals surface area contributed by atoms with Crippen LogP contribution in [-0.4, -0.2) is 15.5 Å². The molecule has 16 heavy (non-hydrogen) atoms. The third kappa shape index (κ3) is 2.66. The van der Waals surface area contributed by atoms with Crippen LogP contribution in [0, 0.1) is 5.92 Å². The molecule has 0 N–H and O–H groups in total. The number of halogens is 4. The molecule has 2 atom stereocenters. The Morgan fingerprint density at radius 1 is 1.31 bits per heavy atom. The summed E-state index contributed by atoms with van der Waals surface area (Å²) in [5, 5.41) is 0.771. The lowest BCUT2D eigenvalue weighted by atomic mass is 9.81.